The molecule has 1 heterocycles. The van der Waals surface area contributed by atoms with Crippen molar-refractivity contribution in [3.05, 3.63) is 46.0 Å². The van der Waals surface area contributed by atoms with E-state index in [9.17, 15) is 13.2 Å². The van der Waals surface area contributed by atoms with E-state index in [0.717, 1.165) is 17.7 Å². The van der Waals surface area contributed by atoms with Crippen LogP contribution in [0, 0.1) is 4.77 Å². The van der Waals surface area contributed by atoms with Crippen molar-refractivity contribution in [2.75, 3.05) is 0 Å². The lowest BCUT2D eigenvalue weighted by molar-refractivity contribution is -0.137. The molecule has 7 heteroatoms. The molecule has 3 nitrogen and oxygen atoms in total. The van der Waals surface area contributed by atoms with Crippen molar-refractivity contribution in [3.8, 4) is 0 Å². The number of H-pyrrole nitrogens is 2. The predicted molar refractivity (Wildman–Crippen MR) is 58.0 cm³/mol. The van der Waals surface area contributed by atoms with Crippen LogP contribution in [0.2, 0.25) is 0 Å². The van der Waals surface area contributed by atoms with Gasteiger partial charge < -0.3 is 0 Å². The van der Waals surface area contributed by atoms with Crippen molar-refractivity contribution in [2.24, 2.45) is 0 Å². The number of aromatic nitrogens is 3. The number of benzene rings is 1. The number of aromatic amines is 2. The van der Waals surface area contributed by atoms with Gasteiger partial charge in [0.1, 0.15) is 5.82 Å². The first-order valence-corrected chi connectivity index (χ1v) is 5.16. The highest BCUT2D eigenvalue weighted by Crippen LogP contribution is 2.29. The molecule has 0 aliphatic heterocycles. The summed E-state index contributed by atoms with van der Waals surface area (Å²) in [6.07, 6.45) is -3.89. The fourth-order valence-electron chi connectivity index (χ4n) is 1.39. The standard InChI is InChI=1S/C10H8F3N3S/c11-10(12,13)7-3-1-6(2-4-7)5-8-14-9(17)16-15-8/h1-4H,5H2,(H2,14,15,16,17). The molecule has 0 amide bonds. The molecule has 0 saturated carbocycles. The molecule has 0 saturated heterocycles. The van der Waals surface area contributed by atoms with Gasteiger partial charge in [-0.1, -0.05) is 12.1 Å². The molecule has 2 N–H and O–H groups in total. The molecule has 2 aromatic rings. The molecule has 0 unspecified atom stereocenters. The third kappa shape index (κ3) is 2.94. The molecule has 0 radical (unpaired) electrons. The van der Waals surface area contributed by atoms with Crippen molar-refractivity contribution in [1.82, 2.24) is 15.2 Å². The van der Waals surface area contributed by atoms with Crippen LogP contribution in [0.1, 0.15) is 17.0 Å². The number of nitrogens with one attached hydrogen (secondary N) is 2. The fraction of sp³-hybridized carbons (Fsp3) is 0.200. The number of rotatable bonds is 2. The van der Waals surface area contributed by atoms with Gasteiger partial charge in [0.2, 0.25) is 4.77 Å². The quantitative estimate of drug-likeness (QED) is 0.814. The highest BCUT2D eigenvalue weighted by atomic mass is 32.1. The summed E-state index contributed by atoms with van der Waals surface area (Å²) in [4.78, 5) is 3.96. The van der Waals surface area contributed by atoms with Crippen LogP contribution in [0.25, 0.3) is 0 Å². The Bertz CT molecular complexity index is 553. The summed E-state index contributed by atoms with van der Waals surface area (Å²) in [7, 11) is 0. The monoisotopic (exact) mass is 259 g/mol. The zero-order valence-electron chi connectivity index (χ0n) is 8.51. The Labute approximate surface area is 99.7 Å². The second-order valence-electron chi connectivity index (χ2n) is 3.49. The van der Waals surface area contributed by atoms with Gasteiger partial charge in [-0.15, -0.1) is 0 Å². The first-order valence-electron chi connectivity index (χ1n) is 4.75. The lowest BCUT2D eigenvalue weighted by atomic mass is 10.1. The first-order chi connectivity index (χ1) is 7.95. The van der Waals surface area contributed by atoms with E-state index in [2.05, 4.69) is 15.2 Å². The molecular formula is C10H8F3N3S. The Balaban J connectivity index is 2.16. The number of hydrogen-bond acceptors (Lipinski definition) is 2. The van der Waals surface area contributed by atoms with Gasteiger partial charge in [0, 0.05) is 6.42 Å². The molecule has 0 aliphatic rings. The normalized spacial score (nSPS) is 11.7. The minimum absolute atomic E-state index is 0.326. The third-order valence-electron chi connectivity index (χ3n) is 2.20. The maximum Gasteiger partial charge on any atom is 0.416 e. The van der Waals surface area contributed by atoms with Crippen molar-refractivity contribution < 1.29 is 13.2 Å². The lowest BCUT2D eigenvalue weighted by Crippen LogP contribution is -2.04. The minimum Gasteiger partial charge on any atom is -0.285 e. The predicted octanol–water partition coefficient (Wildman–Crippen LogP) is 3.08. The summed E-state index contributed by atoms with van der Waals surface area (Å²) < 4.78 is 37.3. The van der Waals surface area contributed by atoms with Crippen LogP contribution in [0.5, 0.6) is 0 Å². The molecule has 1 aromatic heterocycles. The second kappa shape index (κ2) is 4.33. The van der Waals surface area contributed by atoms with Gasteiger partial charge in [-0.3, -0.25) is 10.2 Å². The van der Waals surface area contributed by atoms with E-state index >= 15 is 0 Å². The fourth-order valence-corrected chi connectivity index (χ4v) is 1.55. The van der Waals surface area contributed by atoms with Gasteiger partial charge in [-0.25, -0.2) is 4.98 Å². The highest BCUT2D eigenvalue weighted by molar-refractivity contribution is 7.71. The van der Waals surface area contributed by atoms with Gasteiger partial charge in [0.15, 0.2) is 0 Å². The molecule has 90 valence electrons. The molecule has 0 aliphatic carbocycles. The molecule has 0 atom stereocenters. The molecule has 2 rings (SSSR count). The highest BCUT2D eigenvalue weighted by Gasteiger charge is 2.29. The molecule has 1 aromatic carbocycles. The minimum atomic E-state index is -4.30. The van der Waals surface area contributed by atoms with Crippen LogP contribution in [0.3, 0.4) is 0 Å². The number of halogens is 3. The topological polar surface area (TPSA) is 44.5 Å². The average Bonchev–Trinajstić information content (AvgIpc) is 2.63. The van der Waals surface area contributed by atoms with Crippen LogP contribution in [0.4, 0.5) is 13.2 Å². The van der Waals surface area contributed by atoms with Crippen molar-refractivity contribution >= 4 is 12.2 Å². The van der Waals surface area contributed by atoms with Crippen molar-refractivity contribution in [3.63, 3.8) is 0 Å². The smallest absolute Gasteiger partial charge is 0.285 e. The van der Waals surface area contributed by atoms with Gasteiger partial charge in [-0.2, -0.15) is 13.2 Å². The molecular weight excluding hydrogens is 251 g/mol. The van der Waals surface area contributed by atoms with Crippen LogP contribution in [0.15, 0.2) is 24.3 Å². The Kier molecular flexibility index (Phi) is 3.01. The van der Waals surface area contributed by atoms with Crippen LogP contribution < -0.4 is 0 Å². The summed E-state index contributed by atoms with van der Waals surface area (Å²) in [6.45, 7) is 0. The Morgan fingerprint density at radius 1 is 1.12 bits per heavy atom. The van der Waals surface area contributed by atoms with E-state index in [1.807, 2.05) is 0 Å². The van der Waals surface area contributed by atoms with Gasteiger partial charge in [-0.05, 0) is 29.9 Å². The zero-order valence-corrected chi connectivity index (χ0v) is 9.32. The summed E-state index contributed by atoms with van der Waals surface area (Å²) >= 11 is 4.77. The second-order valence-corrected chi connectivity index (χ2v) is 3.87. The van der Waals surface area contributed by atoms with Crippen molar-refractivity contribution in [1.29, 1.82) is 0 Å². The average molecular weight is 259 g/mol. The van der Waals surface area contributed by atoms with Gasteiger partial charge >= 0.3 is 6.18 Å². The molecule has 0 bridgehead atoms. The summed E-state index contributed by atoms with van der Waals surface area (Å²) in [6, 6.07) is 4.95. The maximum absolute atomic E-state index is 12.3. The summed E-state index contributed by atoms with van der Waals surface area (Å²) in [5, 5.41) is 5.36. The van der Waals surface area contributed by atoms with Crippen LogP contribution >= 0.6 is 12.2 Å². The van der Waals surface area contributed by atoms with Gasteiger partial charge in [0.25, 0.3) is 0 Å². The first kappa shape index (κ1) is 11.8. The number of nitrogens with zero attached hydrogens (tertiary/aromatic N) is 1. The number of hydrogen-bond donors (Lipinski definition) is 2. The Morgan fingerprint density at radius 2 is 1.76 bits per heavy atom. The lowest BCUT2D eigenvalue weighted by Gasteiger charge is -2.06. The van der Waals surface area contributed by atoms with Gasteiger partial charge in [0.05, 0.1) is 5.56 Å². The molecule has 0 spiro atoms. The third-order valence-corrected chi connectivity index (χ3v) is 2.40. The van der Waals surface area contributed by atoms with Crippen LogP contribution in [-0.2, 0) is 12.6 Å². The van der Waals surface area contributed by atoms with Crippen LogP contribution in [-0.4, -0.2) is 15.2 Å². The van der Waals surface area contributed by atoms with E-state index in [-0.39, 0.29) is 0 Å². The molecule has 0 fully saturated rings. The van der Waals surface area contributed by atoms with Crippen molar-refractivity contribution in [2.45, 2.75) is 12.6 Å². The largest absolute Gasteiger partial charge is 0.416 e. The molecule has 17 heavy (non-hydrogen) atoms. The van der Waals surface area contributed by atoms with E-state index in [1.54, 1.807) is 0 Å². The summed E-state index contributed by atoms with van der Waals surface area (Å²) in [5.74, 6) is 0.592. The summed E-state index contributed by atoms with van der Waals surface area (Å²) in [5.41, 5.74) is 0.0759. The SMILES string of the molecule is FC(F)(F)c1ccc(Cc2nc(=S)[nH][nH]2)cc1. The maximum atomic E-state index is 12.3. The van der Waals surface area contributed by atoms with E-state index in [1.165, 1.54) is 12.1 Å². The van der Waals surface area contributed by atoms with E-state index in [0.29, 0.717) is 17.0 Å². The van der Waals surface area contributed by atoms with E-state index < -0.39 is 11.7 Å². The number of alkyl halides is 3. The Morgan fingerprint density at radius 3 is 2.24 bits per heavy atom. The Hall–Kier alpha value is -1.63. The van der Waals surface area contributed by atoms with E-state index in [4.69, 9.17) is 12.2 Å². The zero-order chi connectivity index (χ0) is 12.5.